The molecule has 0 bridgehead atoms. The Morgan fingerprint density at radius 3 is 0.750 bits per heavy atom. The van der Waals surface area contributed by atoms with Crippen molar-refractivity contribution in [2.75, 3.05) is 0 Å². The molecule has 2 radical (unpaired) electrons. The molecule has 0 atom stereocenters. The van der Waals surface area contributed by atoms with E-state index in [9.17, 15) is 0 Å². The molecule has 1 heteroatoms. The molecule has 0 aliphatic heterocycles. The fourth-order valence-electron chi connectivity index (χ4n) is 2.36. The Labute approximate surface area is 135 Å². The summed E-state index contributed by atoms with van der Waals surface area (Å²) in [6.45, 7) is 0. The van der Waals surface area contributed by atoms with Crippen LogP contribution in [-0.4, -0.2) is 0 Å². The molecule has 0 aromatic heterocycles. The molecule has 0 N–H and O–H groups in total. The van der Waals surface area contributed by atoms with Crippen LogP contribution in [0.1, 0.15) is 83.5 Å². The van der Waals surface area contributed by atoms with Crippen LogP contribution in [0.2, 0.25) is 0 Å². The van der Waals surface area contributed by atoms with Crippen LogP contribution in [0.5, 0.6) is 0 Å². The predicted octanol–water partition coefficient (Wildman–Crippen LogP) is 5.48. The van der Waals surface area contributed by atoms with Gasteiger partial charge in [0.2, 0.25) is 0 Å². The maximum atomic E-state index is 2.24. The van der Waals surface area contributed by atoms with Crippen LogP contribution in [0.4, 0.5) is 0 Å². The van der Waals surface area contributed by atoms with E-state index in [2.05, 4.69) is 12.8 Å². The van der Waals surface area contributed by atoms with Gasteiger partial charge < -0.3 is 0 Å². The first-order chi connectivity index (χ1) is 7.50. The Morgan fingerprint density at radius 1 is 0.375 bits per heavy atom. The van der Waals surface area contributed by atoms with Crippen molar-refractivity contribution in [2.45, 2.75) is 83.5 Å². The van der Waals surface area contributed by atoms with Gasteiger partial charge in [0.25, 0.3) is 0 Å². The molecule has 3 rings (SSSR count). The molecule has 0 saturated heterocycles. The Bertz CT molecular complexity index is 64.0. The number of hydrogen-bond acceptors (Lipinski definition) is 0. The normalized spacial score (nSPS) is 22.5. The van der Waals surface area contributed by atoms with Crippen LogP contribution in [0.3, 0.4) is 0 Å². The molecular weight excluding hydrogens is 337 g/mol. The molecule has 96 valence electrons. The quantitative estimate of drug-likeness (QED) is 0.533. The van der Waals surface area contributed by atoms with Gasteiger partial charge in [-0.15, -0.1) is 0 Å². The van der Waals surface area contributed by atoms with Crippen molar-refractivity contribution < 1.29 is 39.9 Å². The summed E-state index contributed by atoms with van der Waals surface area (Å²) in [5.41, 5.74) is 0. The molecule has 0 unspecified atom stereocenters. The van der Waals surface area contributed by atoms with E-state index in [-0.39, 0.29) is 39.9 Å². The van der Waals surface area contributed by atoms with Crippen LogP contribution in [0.15, 0.2) is 0 Å². The summed E-state index contributed by atoms with van der Waals surface area (Å²) in [6, 6.07) is 0. The van der Waals surface area contributed by atoms with E-state index < -0.39 is 0 Å². The average molecular weight is 366 g/mol. The third-order valence-corrected chi connectivity index (χ3v) is 3.41. The van der Waals surface area contributed by atoms with Crippen molar-refractivity contribution >= 4 is 0 Å². The van der Waals surface area contributed by atoms with Crippen LogP contribution in [-0.2, 0) is 0 Å². The van der Waals surface area contributed by atoms with E-state index >= 15 is 0 Å². The fraction of sp³-hybridized carbons (Fsp3) is 0.867. The first-order valence-corrected chi connectivity index (χ1v) is 7.15. The Morgan fingerprint density at radius 2 is 0.625 bits per heavy atom. The predicted molar refractivity (Wildman–Crippen MR) is 68.6 cm³/mol. The number of rotatable bonds is 0. The summed E-state index contributed by atoms with van der Waals surface area (Å²) < 4.78 is 0. The monoisotopic (exact) mass is 366 g/mol. The molecule has 3 aliphatic carbocycles. The van der Waals surface area contributed by atoms with Crippen LogP contribution >= 0.6 is 0 Å². The van der Waals surface area contributed by atoms with Crippen molar-refractivity contribution in [1.29, 1.82) is 0 Å². The Hall–Kier alpha value is 1.32. The summed E-state index contributed by atoms with van der Waals surface area (Å²) in [6.07, 6.45) is 23.5. The zero-order valence-corrected chi connectivity index (χ0v) is 13.0. The maximum Gasteiger partial charge on any atom is 0 e. The number of hydrogen-bond donors (Lipinski definition) is 0. The molecule has 0 aromatic rings. The van der Waals surface area contributed by atoms with Crippen molar-refractivity contribution in [3.8, 4) is 0 Å². The van der Waals surface area contributed by atoms with Gasteiger partial charge in [-0.25, -0.2) is 0 Å². The molecule has 3 fully saturated rings. The second-order valence-electron chi connectivity index (χ2n) is 4.94. The summed E-state index contributed by atoms with van der Waals surface area (Å²) in [5.74, 6) is 0. The van der Waals surface area contributed by atoms with Crippen molar-refractivity contribution in [1.82, 2.24) is 0 Å². The van der Waals surface area contributed by atoms with E-state index in [1.54, 1.807) is 0 Å². The third-order valence-electron chi connectivity index (χ3n) is 3.41. The summed E-state index contributed by atoms with van der Waals surface area (Å²) in [5, 5.41) is 0. The molecule has 0 spiro atoms. The van der Waals surface area contributed by atoms with E-state index in [1.165, 1.54) is 83.5 Å². The summed E-state index contributed by atoms with van der Waals surface area (Å²) in [4.78, 5) is 0. The molecule has 3 aliphatic rings. The van der Waals surface area contributed by atoms with Crippen molar-refractivity contribution in [2.24, 2.45) is 0 Å². The van der Waals surface area contributed by atoms with Gasteiger partial charge in [0.15, 0.2) is 0 Å². The summed E-state index contributed by atoms with van der Waals surface area (Å²) in [7, 11) is 0. The van der Waals surface area contributed by atoms with Crippen LogP contribution in [0.25, 0.3) is 0 Å². The Balaban J connectivity index is 0.000000205. The minimum Gasteiger partial charge on any atom is -0.0533 e. The summed E-state index contributed by atoms with van der Waals surface area (Å²) >= 11 is 0. The second-order valence-corrected chi connectivity index (χ2v) is 4.94. The van der Waals surface area contributed by atoms with Gasteiger partial charge in [-0.2, -0.15) is 0 Å². The largest absolute Gasteiger partial charge is 0.0533 e. The van der Waals surface area contributed by atoms with Gasteiger partial charge in [0.05, 0.1) is 0 Å². The SMILES string of the molecule is C1CCCC1.C1CCCC1.[CH]1[CH]CCC1.[Gd]. The average Bonchev–Trinajstić information content (AvgIpc) is 3.09. The fourth-order valence-corrected chi connectivity index (χ4v) is 2.36. The van der Waals surface area contributed by atoms with Crippen LogP contribution in [0, 0.1) is 52.8 Å². The van der Waals surface area contributed by atoms with Gasteiger partial charge in [0, 0.05) is 39.9 Å². The van der Waals surface area contributed by atoms with Gasteiger partial charge in [0.1, 0.15) is 0 Å². The van der Waals surface area contributed by atoms with E-state index in [1.807, 2.05) is 0 Å². The minimum atomic E-state index is 0. The molecule has 0 aromatic carbocycles. The van der Waals surface area contributed by atoms with E-state index in [0.29, 0.717) is 0 Å². The van der Waals surface area contributed by atoms with Crippen molar-refractivity contribution in [3.05, 3.63) is 12.8 Å². The van der Waals surface area contributed by atoms with Gasteiger partial charge in [-0.05, 0) is 25.7 Å². The van der Waals surface area contributed by atoms with Crippen LogP contribution < -0.4 is 0 Å². The molecule has 0 amide bonds. The van der Waals surface area contributed by atoms with E-state index in [0.717, 1.165) is 0 Å². The maximum absolute atomic E-state index is 2.24. The minimum absolute atomic E-state index is 0. The topological polar surface area (TPSA) is 0 Å². The first-order valence-electron chi connectivity index (χ1n) is 7.15. The molecule has 16 heavy (non-hydrogen) atoms. The first kappa shape index (κ1) is 17.3. The molecular formula is C15H28Gd. The van der Waals surface area contributed by atoms with Gasteiger partial charge in [-0.1, -0.05) is 70.6 Å². The Kier molecular flexibility index (Phi) is 15.6. The van der Waals surface area contributed by atoms with Gasteiger partial charge in [-0.3, -0.25) is 0 Å². The molecule has 3 saturated carbocycles. The zero-order chi connectivity index (χ0) is 10.6. The van der Waals surface area contributed by atoms with Crippen molar-refractivity contribution in [3.63, 3.8) is 0 Å². The smallest absolute Gasteiger partial charge is 0 e. The van der Waals surface area contributed by atoms with Gasteiger partial charge >= 0.3 is 0 Å². The molecule has 0 nitrogen and oxygen atoms in total. The standard InChI is InChI=1S/2C5H10.C5H8.Gd/c3*1-2-4-5-3-1;/h2*1-5H2;1-2H,3-5H2;. The zero-order valence-electron chi connectivity index (χ0n) is 10.7. The second kappa shape index (κ2) is 14.4. The molecule has 0 heterocycles. The van der Waals surface area contributed by atoms with E-state index in [4.69, 9.17) is 0 Å². The third kappa shape index (κ3) is 11.8.